The van der Waals surface area contributed by atoms with E-state index in [1.54, 1.807) is 0 Å². The second-order valence-electron chi connectivity index (χ2n) is 3.77. The zero-order chi connectivity index (χ0) is 11.8. The highest BCUT2D eigenvalue weighted by atomic mass is 35.5. The summed E-state index contributed by atoms with van der Waals surface area (Å²) in [4.78, 5) is 4.25. The van der Waals surface area contributed by atoms with Crippen LogP contribution < -0.4 is 5.32 Å². The smallest absolute Gasteiger partial charge is 0.0541 e. The molecule has 1 aromatic heterocycles. The summed E-state index contributed by atoms with van der Waals surface area (Å²) in [5.41, 5.74) is 2.30. The second kappa shape index (κ2) is 8.45. The first kappa shape index (κ1) is 14.4. The molecule has 0 aliphatic carbocycles. The maximum atomic E-state index is 4.25. The molecule has 94 valence electrons. The van der Waals surface area contributed by atoms with Crippen molar-refractivity contribution in [3.8, 4) is 0 Å². The van der Waals surface area contributed by atoms with E-state index in [0.717, 1.165) is 18.8 Å². The van der Waals surface area contributed by atoms with Gasteiger partial charge >= 0.3 is 0 Å². The molecule has 0 bridgehead atoms. The van der Waals surface area contributed by atoms with Crippen LogP contribution in [0.5, 0.6) is 0 Å². The van der Waals surface area contributed by atoms with Gasteiger partial charge in [-0.05, 0) is 17.7 Å². The van der Waals surface area contributed by atoms with E-state index in [9.17, 15) is 0 Å². The lowest BCUT2D eigenvalue weighted by Gasteiger charge is -2.00. The van der Waals surface area contributed by atoms with Gasteiger partial charge in [-0.25, -0.2) is 0 Å². The lowest BCUT2D eigenvalue weighted by molar-refractivity contribution is 0.741. The van der Waals surface area contributed by atoms with Crippen LogP contribution in [0.15, 0.2) is 60.8 Å². The third-order valence-electron chi connectivity index (χ3n) is 2.40. The SMILES string of the molecule is C(=C\c1ccccc1)/CNCc1ccccn1.Cl. The van der Waals surface area contributed by atoms with Gasteiger partial charge in [0.25, 0.3) is 0 Å². The van der Waals surface area contributed by atoms with Crippen molar-refractivity contribution in [1.82, 2.24) is 10.3 Å². The van der Waals surface area contributed by atoms with Crippen LogP contribution >= 0.6 is 12.4 Å². The van der Waals surface area contributed by atoms with Crippen LogP contribution in [0.25, 0.3) is 6.08 Å². The number of aromatic nitrogens is 1. The Bertz CT molecular complexity index is 454. The van der Waals surface area contributed by atoms with E-state index >= 15 is 0 Å². The van der Waals surface area contributed by atoms with E-state index in [4.69, 9.17) is 0 Å². The molecule has 0 aliphatic heterocycles. The molecule has 1 N–H and O–H groups in total. The maximum Gasteiger partial charge on any atom is 0.0541 e. The number of pyridine rings is 1. The van der Waals surface area contributed by atoms with Gasteiger partial charge in [0.05, 0.1) is 5.69 Å². The quantitative estimate of drug-likeness (QED) is 0.835. The van der Waals surface area contributed by atoms with Gasteiger partial charge in [0.2, 0.25) is 0 Å². The monoisotopic (exact) mass is 260 g/mol. The van der Waals surface area contributed by atoms with Crippen molar-refractivity contribution in [3.63, 3.8) is 0 Å². The minimum Gasteiger partial charge on any atom is -0.308 e. The highest BCUT2D eigenvalue weighted by molar-refractivity contribution is 5.85. The summed E-state index contributed by atoms with van der Waals surface area (Å²) < 4.78 is 0. The summed E-state index contributed by atoms with van der Waals surface area (Å²) in [5, 5.41) is 3.32. The highest BCUT2D eigenvalue weighted by Gasteiger charge is 1.89. The largest absolute Gasteiger partial charge is 0.308 e. The molecule has 3 heteroatoms. The first-order valence-electron chi connectivity index (χ1n) is 5.77. The van der Waals surface area contributed by atoms with Crippen LogP contribution in [0, 0.1) is 0 Å². The Morgan fingerprint density at radius 1 is 1.00 bits per heavy atom. The van der Waals surface area contributed by atoms with Crippen molar-refractivity contribution >= 4 is 18.5 Å². The molecule has 1 heterocycles. The topological polar surface area (TPSA) is 24.9 Å². The summed E-state index contributed by atoms with van der Waals surface area (Å²) in [6, 6.07) is 16.2. The Labute approximate surface area is 114 Å². The fourth-order valence-corrected chi connectivity index (χ4v) is 1.55. The molecule has 0 aliphatic rings. The summed E-state index contributed by atoms with van der Waals surface area (Å²) in [6.45, 7) is 1.66. The van der Waals surface area contributed by atoms with E-state index in [2.05, 4.69) is 34.6 Å². The number of hydrogen-bond acceptors (Lipinski definition) is 2. The van der Waals surface area contributed by atoms with Gasteiger partial charge in [-0.3, -0.25) is 4.98 Å². The number of hydrogen-bond donors (Lipinski definition) is 1. The molecule has 0 radical (unpaired) electrons. The van der Waals surface area contributed by atoms with Crippen molar-refractivity contribution in [2.45, 2.75) is 6.54 Å². The fourth-order valence-electron chi connectivity index (χ4n) is 1.55. The first-order chi connectivity index (χ1) is 8.45. The lowest BCUT2D eigenvalue weighted by Crippen LogP contribution is -2.13. The van der Waals surface area contributed by atoms with Crippen molar-refractivity contribution in [2.75, 3.05) is 6.54 Å². The van der Waals surface area contributed by atoms with Crippen LogP contribution in [0.4, 0.5) is 0 Å². The summed E-state index contributed by atoms with van der Waals surface area (Å²) in [6.07, 6.45) is 6.06. The second-order valence-corrected chi connectivity index (χ2v) is 3.77. The summed E-state index contributed by atoms with van der Waals surface area (Å²) in [5.74, 6) is 0. The Morgan fingerprint density at radius 2 is 1.78 bits per heavy atom. The van der Waals surface area contributed by atoms with Crippen LogP contribution in [-0.2, 0) is 6.54 Å². The molecular formula is C15H17ClN2. The molecule has 0 saturated carbocycles. The van der Waals surface area contributed by atoms with Gasteiger partial charge in [0.1, 0.15) is 0 Å². The predicted molar refractivity (Wildman–Crippen MR) is 78.7 cm³/mol. The average Bonchev–Trinajstić information content (AvgIpc) is 2.41. The summed E-state index contributed by atoms with van der Waals surface area (Å²) in [7, 11) is 0. The first-order valence-corrected chi connectivity index (χ1v) is 5.77. The fraction of sp³-hybridized carbons (Fsp3) is 0.133. The highest BCUT2D eigenvalue weighted by Crippen LogP contribution is 2.00. The van der Waals surface area contributed by atoms with Crippen LogP contribution in [0.3, 0.4) is 0 Å². The zero-order valence-electron chi connectivity index (χ0n) is 10.1. The number of nitrogens with zero attached hydrogens (tertiary/aromatic N) is 1. The maximum absolute atomic E-state index is 4.25. The number of rotatable bonds is 5. The number of benzene rings is 1. The molecule has 1 aromatic carbocycles. The van der Waals surface area contributed by atoms with Gasteiger partial charge < -0.3 is 5.32 Å². The number of nitrogens with one attached hydrogen (secondary N) is 1. The van der Waals surface area contributed by atoms with Gasteiger partial charge in [-0.15, -0.1) is 12.4 Å². The number of halogens is 1. The van der Waals surface area contributed by atoms with Crippen molar-refractivity contribution in [2.24, 2.45) is 0 Å². The molecule has 0 unspecified atom stereocenters. The Morgan fingerprint density at radius 3 is 2.50 bits per heavy atom. The van der Waals surface area contributed by atoms with Gasteiger partial charge in [0, 0.05) is 19.3 Å². The van der Waals surface area contributed by atoms with E-state index in [1.165, 1.54) is 5.56 Å². The van der Waals surface area contributed by atoms with Crippen LogP contribution in [0.2, 0.25) is 0 Å². The van der Waals surface area contributed by atoms with E-state index in [1.807, 2.05) is 42.6 Å². The van der Waals surface area contributed by atoms with Crippen molar-refractivity contribution < 1.29 is 0 Å². The van der Waals surface area contributed by atoms with E-state index < -0.39 is 0 Å². The molecule has 18 heavy (non-hydrogen) atoms. The third kappa shape index (κ3) is 5.13. The molecule has 0 spiro atoms. The molecule has 0 atom stereocenters. The summed E-state index contributed by atoms with van der Waals surface area (Å²) >= 11 is 0. The molecule has 2 aromatic rings. The normalized spacial score (nSPS) is 10.2. The Kier molecular flexibility index (Phi) is 6.77. The zero-order valence-corrected chi connectivity index (χ0v) is 10.9. The average molecular weight is 261 g/mol. The van der Waals surface area contributed by atoms with Gasteiger partial charge in [-0.2, -0.15) is 0 Å². The minimum atomic E-state index is 0. The van der Waals surface area contributed by atoms with Crippen molar-refractivity contribution in [3.05, 3.63) is 72.1 Å². The molecule has 0 amide bonds. The van der Waals surface area contributed by atoms with Gasteiger partial charge in [0.15, 0.2) is 0 Å². The Balaban J connectivity index is 0.00000162. The molecule has 2 rings (SSSR count). The predicted octanol–water partition coefficient (Wildman–Crippen LogP) is 3.31. The van der Waals surface area contributed by atoms with E-state index in [-0.39, 0.29) is 12.4 Å². The lowest BCUT2D eigenvalue weighted by atomic mass is 10.2. The van der Waals surface area contributed by atoms with Crippen LogP contribution in [-0.4, -0.2) is 11.5 Å². The molecular weight excluding hydrogens is 244 g/mol. The molecule has 0 saturated heterocycles. The minimum absolute atomic E-state index is 0. The Hall–Kier alpha value is -1.64. The van der Waals surface area contributed by atoms with Crippen molar-refractivity contribution in [1.29, 1.82) is 0 Å². The van der Waals surface area contributed by atoms with Gasteiger partial charge in [-0.1, -0.05) is 48.6 Å². The third-order valence-corrected chi connectivity index (χ3v) is 2.40. The molecule has 2 nitrogen and oxygen atoms in total. The molecule has 0 fully saturated rings. The standard InChI is InChI=1S/C15H16N2.ClH/c1-2-7-14(8-3-1)9-6-11-16-13-15-10-4-5-12-17-15;/h1-10,12,16H,11,13H2;1H/b9-6+;. The van der Waals surface area contributed by atoms with Crippen LogP contribution in [0.1, 0.15) is 11.3 Å². The van der Waals surface area contributed by atoms with E-state index in [0.29, 0.717) is 0 Å².